The molecule has 0 N–H and O–H groups in total. The molecular formula is C54H46N8O10. The van der Waals surface area contributed by atoms with Crippen molar-refractivity contribution in [3.8, 4) is 11.8 Å². The minimum atomic E-state index is -0.820. The van der Waals surface area contributed by atoms with Crippen molar-refractivity contribution in [2.24, 2.45) is 0 Å². The summed E-state index contributed by atoms with van der Waals surface area (Å²) in [5.74, 6) is 3.98. The van der Waals surface area contributed by atoms with Gasteiger partial charge in [-0.3, -0.25) is 9.13 Å². The lowest BCUT2D eigenvalue weighted by molar-refractivity contribution is -0.0565. The van der Waals surface area contributed by atoms with Gasteiger partial charge in [0.05, 0.1) is 34.9 Å². The molecule has 0 saturated carbocycles. The quantitative estimate of drug-likeness (QED) is 0.0666. The van der Waals surface area contributed by atoms with Crippen molar-refractivity contribution < 1.29 is 47.6 Å². The van der Waals surface area contributed by atoms with E-state index in [9.17, 15) is 19.2 Å². The molecule has 0 amide bonds. The second kappa shape index (κ2) is 20.4. The van der Waals surface area contributed by atoms with Gasteiger partial charge in [0.1, 0.15) is 85.2 Å². The largest absolute Gasteiger partial charge is 0.459 e. The Balaban J connectivity index is 0.873. The first-order valence-electron chi connectivity index (χ1n) is 23.1. The Kier molecular flexibility index (Phi) is 13.3. The van der Waals surface area contributed by atoms with E-state index in [1.807, 2.05) is 76.2 Å². The summed E-state index contributed by atoms with van der Waals surface area (Å²) in [6.45, 7) is 7.33. The molecule has 6 atom stereocenters. The van der Waals surface area contributed by atoms with E-state index in [4.69, 9.17) is 28.4 Å². The van der Waals surface area contributed by atoms with Crippen LogP contribution in [-0.2, 0) is 28.4 Å². The first-order chi connectivity index (χ1) is 34.9. The van der Waals surface area contributed by atoms with E-state index in [0.29, 0.717) is 44.6 Å². The monoisotopic (exact) mass is 966 g/mol. The minimum absolute atomic E-state index is 0.185. The third-order valence-electron chi connectivity index (χ3n) is 12.4. The van der Waals surface area contributed by atoms with Gasteiger partial charge in [-0.15, -0.1) is 0 Å². The standard InChI is InChI=1S/C54H46N8O10/c1-31-5-13-35(14-6-31)51(63)67-25-43-41(71-53(65)37-17-9-33(3)10-18-37)23-45(69-43)61-29-59-47-39(55-27-57-49(47)61)21-22-40-48-50(58-28-56-40)62(30-60-48)46-24-42(72-54(66)38-19-11-34(4)12-20-38)44(70-46)26-68-52(64)36-15-7-32(2)8-16-36/h5-20,27-30,41-46H,23-26H2,1-4H3/t41-,42-,43+,44+,45+,46+/m0/s1. The number of hydrogen-bond donors (Lipinski definition) is 0. The van der Waals surface area contributed by atoms with Crippen LogP contribution in [0.5, 0.6) is 0 Å². The summed E-state index contributed by atoms with van der Waals surface area (Å²) in [5, 5.41) is 0. The topological polar surface area (TPSA) is 211 Å². The van der Waals surface area contributed by atoms with Gasteiger partial charge in [0.2, 0.25) is 0 Å². The number of fused-ring (bicyclic) bond motifs is 2. The van der Waals surface area contributed by atoms with Gasteiger partial charge in [0.15, 0.2) is 11.3 Å². The van der Waals surface area contributed by atoms with E-state index >= 15 is 0 Å². The molecule has 0 unspecified atom stereocenters. The highest BCUT2D eigenvalue weighted by Crippen LogP contribution is 2.36. The minimum Gasteiger partial charge on any atom is -0.459 e. The third kappa shape index (κ3) is 10.1. The van der Waals surface area contributed by atoms with Crippen LogP contribution < -0.4 is 0 Å². The van der Waals surface area contributed by atoms with Crippen molar-refractivity contribution in [2.45, 2.75) is 77.4 Å². The molecule has 2 aliphatic heterocycles. The Hall–Kier alpha value is -8.66. The molecular weight excluding hydrogens is 921 g/mol. The summed E-state index contributed by atoms with van der Waals surface area (Å²) >= 11 is 0. The Morgan fingerprint density at radius 1 is 0.486 bits per heavy atom. The number of aryl methyl sites for hydroxylation is 4. The van der Waals surface area contributed by atoms with Crippen LogP contribution in [0.1, 0.15) is 100 Å². The number of rotatable bonds is 12. The number of imidazole rings is 2. The first kappa shape index (κ1) is 47.0. The normalized spacial score (nSPS) is 19.4. The summed E-state index contributed by atoms with van der Waals surface area (Å²) < 4.78 is 39.6. The van der Waals surface area contributed by atoms with Crippen LogP contribution in [0.15, 0.2) is 122 Å². The predicted octanol–water partition coefficient (Wildman–Crippen LogP) is 7.34. The van der Waals surface area contributed by atoms with Crippen LogP contribution in [0.25, 0.3) is 22.3 Å². The Labute approximate surface area is 412 Å². The van der Waals surface area contributed by atoms with Gasteiger partial charge >= 0.3 is 23.9 Å². The van der Waals surface area contributed by atoms with E-state index in [0.717, 1.165) is 22.3 Å². The molecule has 0 spiro atoms. The molecule has 18 nitrogen and oxygen atoms in total. The number of esters is 4. The number of carbonyl (C=O) groups excluding carboxylic acids is 4. The van der Waals surface area contributed by atoms with Crippen LogP contribution in [0.4, 0.5) is 0 Å². The summed E-state index contributed by atoms with van der Waals surface area (Å²) in [6.07, 6.45) is 1.51. The fraction of sp³-hybridized carbons (Fsp3) is 0.259. The zero-order valence-corrected chi connectivity index (χ0v) is 39.5. The smallest absolute Gasteiger partial charge is 0.338 e. The highest BCUT2D eigenvalue weighted by atomic mass is 16.6. The van der Waals surface area contributed by atoms with E-state index in [-0.39, 0.29) is 37.4 Å². The van der Waals surface area contributed by atoms with Gasteiger partial charge in [-0.25, -0.2) is 49.1 Å². The zero-order chi connectivity index (χ0) is 49.9. The van der Waals surface area contributed by atoms with Crippen LogP contribution in [0.3, 0.4) is 0 Å². The highest BCUT2D eigenvalue weighted by Gasteiger charge is 2.42. The lowest BCUT2D eigenvalue weighted by Gasteiger charge is -2.19. The number of hydrogen-bond acceptors (Lipinski definition) is 16. The summed E-state index contributed by atoms with van der Waals surface area (Å²) in [6, 6.07) is 28.1. The first-order valence-corrected chi connectivity index (χ1v) is 23.1. The van der Waals surface area contributed by atoms with Crippen molar-refractivity contribution in [1.82, 2.24) is 39.0 Å². The molecule has 2 saturated heterocycles. The summed E-state index contributed by atoms with van der Waals surface area (Å²) in [5.41, 5.74) is 7.58. The summed E-state index contributed by atoms with van der Waals surface area (Å²) in [4.78, 5) is 79.9. The van der Waals surface area contributed by atoms with Gasteiger partial charge in [0, 0.05) is 12.8 Å². The zero-order valence-electron chi connectivity index (χ0n) is 39.5. The molecule has 0 bridgehead atoms. The molecule has 0 aliphatic carbocycles. The lowest BCUT2D eigenvalue weighted by atomic mass is 10.1. The van der Waals surface area contributed by atoms with Crippen molar-refractivity contribution in [3.05, 3.63) is 178 Å². The maximum absolute atomic E-state index is 13.4. The Bertz CT molecular complexity index is 3160. The van der Waals surface area contributed by atoms with Crippen molar-refractivity contribution in [3.63, 3.8) is 0 Å². The lowest BCUT2D eigenvalue weighted by Crippen LogP contribution is -2.32. The van der Waals surface area contributed by atoms with Gasteiger partial charge in [-0.2, -0.15) is 0 Å². The van der Waals surface area contributed by atoms with Crippen molar-refractivity contribution >= 4 is 46.2 Å². The number of ether oxygens (including phenoxy) is 6. The SMILES string of the molecule is Cc1ccc(C(=O)OC[C@H]2O[C@@H](n3cnc4c(C#Cc5ncnc6c5ncn6[C@H]5C[C@H](OC(=O)c6ccc(C)cc6)[C@@H](COC(=O)c6ccc(C)cc6)O5)ncnc43)C[C@@H]2OC(=O)c2ccc(C)cc2)cc1. The number of aromatic nitrogens is 8. The molecule has 362 valence electrons. The maximum atomic E-state index is 13.4. The molecule has 4 aromatic carbocycles. The van der Waals surface area contributed by atoms with Gasteiger partial charge < -0.3 is 28.4 Å². The second-order valence-corrected chi connectivity index (χ2v) is 17.6. The van der Waals surface area contributed by atoms with Gasteiger partial charge in [0.25, 0.3) is 0 Å². The average molecular weight is 967 g/mol. The van der Waals surface area contributed by atoms with Gasteiger partial charge in [-0.1, -0.05) is 70.8 Å². The second-order valence-electron chi connectivity index (χ2n) is 17.6. The predicted molar refractivity (Wildman–Crippen MR) is 257 cm³/mol. The molecule has 18 heteroatoms. The number of benzene rings is 4. The average Bonchev–Trinajstić information content (AvgIpc) is 4.20. The molecule has 8 aromatic rings. The molecule has 0 radical (unpaired) electrons. The fourth-order valence-corrected chi connectivity index (χ4v) is 8.37. The van der Waals surface area contributed by atoms with Crippen LogP contribution >= 0.6 is 0 Å². The number of carbonyl (C=O) groups is 4. The van der Waals surface area contributed by atoms with E-state index < -0.39 is 60.7 Å². The highest BCUT2D eigenvalue weighted by molar-refractivity contribution is 5.91. The number of nitrogens with zero attached hydrogens (tertiary/aromatic N) is 8. The molecule has 10 rings (SSSR count). The summed E-state index contributed by atoms with van der Waals surface area (Å²) in [7, 11) is 0. The van der Waals surface area contributed by atoms with E-state index in [1.54, 1.807) is 70.3 Å². The third-order valence-corrected chi connectivity index (χ3v) is 12.4. The van der Waals surface area contributed by atoms with Crippen LogP contribution in [0, 0.1) is 39.5 Å². The van der Waals surface area contributed by atoms with Crippen LogP contribution in [0.2, 0.25) is 0 Å². The van der Waals surface area contributed by atoms with Crippen LogP contribution in [-0.4, -0.2) is 101 Å². The van der Waals surface area contributed by atoms with Crippen molar-refractivity contribution in [1.29, 1.82) is 0 Å². The fourth-order valence-electron chi connectivity index (χ4n) is 8.37. The Morgan fingerprint density at radius 3 is 1.17 bits per heavy atom. The van der Waals surface area contributed by atoms with Crippen molar-refractivity contribution in [2.75, 3.05) is 13.2 Å². The molecule has 2 fully saturated rings. The molecule has 6 heterocycles. The van der Waals surface area contributed by atoms with E-state index in [2.05, 4.69) is 41.7 Å². The maximum Gasteiger partial charge on any atom is 0.338 e. The molecule has 4 aromatic heterocycles. The van der Waals surface area contributed by atoms with E-state index in [1.165, 1.54) is 12.7 Å². The molecule has 72 heavy (non-hydrogen) atoms. The van der Waals surface area contributed by atoms with Gasteiger partial charge in [-0.05, 0) is 88.1 Å². The molecule has 2 aliphatic rings. The Morgan fingerprint density at radius 2 is 0.819 bits per heavy atom.